The maximum atomic E-state index is 12.0. The van der Waals surface area contributed by atoms with Crippen LogP contribution in [0.1, 0.15) is 57.8 Å². The number of urea groups is 1. The van der Waals surface area contributed by atoms with E-state index in [1.54, 1.807) is 0 Å². The summed E-state index contributed by atoms with van der Waals surface area (Å²) >= 11 is 1.85. The average Bonchev–Trinajstić information content (AvgIpc) is 3.41. The maximum Gasteiger partial charge on any atom is 0.333 e. The first-order chi connectivity index (χ1) is 16.6. The minimum atomic E-state index is -4.76. The third-order valence-electron chi connectivity index (χ3n) is 6.08. The fourth-order valence-corrected chi connectivity index (χ4v) is 6.47. The molecule has 0 bridgehead atoms. The summed E-state index contributed by atoms with van der Waals surface area (Å²) in [6.45, 7) is 0.451. The van der Waals surface area contributed by atoms with Gasteiger partial charge in [-0.1, -0.05) is 12.8 Å². The maximum absolute atomic E-state index is 12.0. The van der Waals surface area contributed by atoms with E-state index >= 15 is 0 Å². The molecule has 13 nitrogen and oxygen atoms in total. The number of imide groups is 1. The second-order valence-corrected chi connectivity index (χ2v) is 11.6. The van der Waals surface area contributed by atoms with Crippen LogP contribution in [-0.4, -0.2) is 82.6 Å². The number of thioether (sulfide) groups is 1. The zero-order valence-electron chi connectivity index (χ0n) is 19.1. The molecule has 3 heterocycles. The van der Waals surface area contributed by atoms with Crippen LogP contribution in [0.15, 0.2) is 0 Å². The number of carbonyl (C=O) groups is 5. The fraction of sp³-hybridized carbons (Fsp3) is 0.750. The summed E-state index contributed by atoms with van der Waals surface area (Å²) in [6, 6.07) is 0.265. The van der Waals surface area contributed by atoms with E-state index in [2.05, 4.69) is 20.8 Å². The molecule has 0 aromatic heterocycles. The highest BCUT2D eigenvalue weighted by Gasteiger charge is 2.48. The van der Waals surface area contributed by atoms with Gasteiger partial charge in [0.2, 0.25) is 5.91 Å². The highest BCUT2D eigenvalue weighted by atomic mass is 32.2. The highest BCUT2D eigenvalue weighted by Crippen LogP contribution is 2.33. The molecule has 0 aromatic carbocycles. The van der Waals surface area contributed by atoms with Crippen molar-refractivity contribution in [2.45, 2.75) is 80.4 Å². The molecule has 4 N–H and O–H groups in total. The Morgan fingerprint density at radius 2 is 1.83 bits per heavy atom. The third-order valence-corrected chi connectivity index (χ3v) is 8.67. The lowest BCUT2D eigenvalue weighted by Crippen LogP contribution is -2.36. The van der Waals surface area contributed by atoms with E-state index in [0.29, 0.717) is 37.5 Å². The Morgan fingerprint density at radius 3 is 2.54 bits per heavy atom. The molecule has 0 aromatic rings. The van der Waals surface area contributed by atoms with Crippen molar-refractivity contribution in [3.8, 4) is 0 Å². The van der Waals surface area contributed by atoms with Gasteiger partial charge in [-0.3, -0.25) is 18.9 Å². The molecule has 15 heteroatoms. The van der Waals surface area contributed by atoms with Gasteiger partial charge in [-0.15, -0.1) is 5.06 Å². The van der Waals surface area contributed by atoms with E-state index in [4.69, 9.17) is 4.55 Å². The summed E-state index contributed by atoms with van der Waals surface area (Å²) in [4.78, 5) is 63.3. The van der Waals surface area contributed by atoms with Crippen molar-refractivity contribution in [1.82, 2.24) is 21.0 Å². The highest BCUT2D eigenvalue weighted by molar-refractivity contribution is 8.00. The molecular weight excluding hydrogens is 504 g/mol. The third kappa shape index (κ3) is 7.54. The number of nitrogens with zero attached hydrogens (tertiary/aromatic N) is 1. The second-order valence-electron chi connectivity index (χ2n) is 8.73. The summed E-state index contributed by atoms with van der Waals surface area (Å²) in [6.07, 6.45) is 3.76. The largest absolute Gasteiger partial charge is 0.356 e. The number of amides is 5. The van der Waals surface area contributed by atoms with Gasteiger partial charge >= 0.3 is 12.0 Å². The Hall–Kier alpha value is -2.39. The Kier molecular flexibility index (Phi) is 9.35. The number of carbonyl (C=O) groups excluding carboxylic acids is 5. The molecule has 3 fully saturated rings. The van der Waals surface area contributed by atoms with E-state index < -0.39 is 39.6 Å². The van der Waals surface area contributed by atoms with Crippen LogP contribution in [0.4, 0.5) is 4.79 Å². The lowest BCUT2D eigenvalue weighted by atomic mass is 10.0. The molecule has 196 valence electrons. The number of fused-ring (bicyclic) bond motifs is 1. The molecule has 0 unspecified atom stereocenters. The van der Waals surface area contributed by atoms with Crippen LogP contribution in [0.3, 0.4) is 0 Å². The zero-order valence-corrected chi connectivity index (χ0v) is 20.7. The predicted molar refractivity (Wildman–Crippen MR) is 123 cm³/mol. The Labute approximate surface area is 207 Å². The molecule has 35 heavy (non-hydrogen) atoms. The van der Waals surface area contributed by atoms with Crippen molar-refractivity contribution in [2.24, 2.45) is 0 Å². The van der Waals surface area contributed by atoms with E-state index in [0.717, 1.165) is 25.0 Å². The van der Waals surface area contributed by atoms with Gasteiger partial charge in [-0.25, -0.2) is 9.59 Å². The van der Waals surface area contributed by atoms with E-state index in [9.17, 15) is 32.4 Å². The summed E-state index contributed by atoms with van der Waals surface area (Å²) in [7, 11) is -4.76. The lowest BCUT2D eigenvalue weighted by Gasteiger charge is -2.16. The molecule has 4 atom stereocenters. The van der Waals surface area contributed by atoms with Crippen LogP contribution in [0.5, 0.6) is 0 Å². The van der Waals surface area contributed by atoms with Crippen molar-refractivity contribution in [2.75, 3.05) is 12.3 Å². The number of unbranched alkanes of at least 4 members (excludes halogenated alkanes) is 3. The van der Waals surface area contributed by atoms with E-state index in [1.165, 1.54) is 0 Å². The van der Waals surface area contributed by atoms with Crippen molar-refractivity contribution in [3.05, 3.63) is 0 Å². The number of hydroxylamine groups is 2. The van der Waals surface area contributed by atoms with Gasteiger partial charge < -0.3 is 20.8 Å². The van der Waals surface area contributed by atoms with Crippen LogP contribution in [0.25, 0.3) is 0 Å². The molecule has 0 saturated carbocycles. The standard InChI is InChI=1S/C20H30N4O9S2/c25-15(7-4-3-6-13-18-12(11-34-13)22-20(29)23-18)21-9-5-1-2-8-17(27)33-24-16(26)10-14(19(24)28)35(30,31)32/h12-14,18H,1-11H2,(H,21,25)(H2,22,23,29)(H,30,31,32)/t12-,13+,14+,18+/m1/s1. The number of hydrogen-bond acceptors (Lipinski definition) is 9. The van der Waals surface area contributed by atoms with Crippen LogP contribution in [0, 0.1) is 0 Å². The first-order valence-electron chi connectivity index (χ1n) is 11.6. The molecule has 0 aliphatic carbocycles. The Morgan fingerprint density at radius 1 is 1.09 bits per heavy atom. The monoisotopic (exact) mass is 534 g/mol. The van der Waals surface area contributed by atoms with Gasteiger partial charge in [0.25, 0.3) is 21.9 Å². The first-order valence-corrected chi connectivity index (χ1v) is 14.1. The molecule has 3 aliphatic rings. The van der Waals surface area contributed by atoms with Gasteiger partial charge in [0.15, 0.2) is 5.25 Å². The SMILES string of the molecule is O=C(CCCC[C@@H]1SC[C@H]2NC(=O)N[C@H]12)NCCCCCC(=O)ON1C(=O)C[C@H](S(=O)(=O)O)C1=O. The second kappa shape index (κ2) is 12.0. The molecule has 3 saturated heterocycles. The number of nitrogens with one attached hydrogen (secondary N) is 3. The molecule has 5 amide bonds. The zero-order chi connectivity index (χ0) is 25.6. The van der Waals surface area contributed by atoms with Crippen LogP contribution >= 0.6 is 11.8 Å². The van der Waals surface area contributed by atoms with Crippen LogP contribution < -0.4 is 16.0 Å². The van der Waals surface area contributed by atoms with Gasteiger partial charge in [-0.05, 0) is 25.7 Å². The quantitative estimate of drug-likeness (QED) is 0.107. The molecule has 3 rings (SSSR count). The predicted octanol–water partition coefficient (Wildman–Crippen LogP) is -0.138. The summed E-state index contributed by atoms with van der Waals surface area (Å²) in [5, 5.41) is 7.20. The lowest BCUT2D eigenvalue weighted by molar-refractivity contribution is -0.197. The molecule has 0 spiro atoms. The van der Waals surface area contributed by atoms with Crippen molar-refractivity contribution < 1.29 is 41.8 Å². The van der Waals surface area contributed by atoms with Gasteiger partial charge in [0.1, 0.15) is 0 Å². The van der Waals surface area contributed by atoms with Crippen LogP contribution in [0.2, 0.25) is 0 Å². The molecule has 3 aliphatic heterocycles. The smallest absolute Gasteiger partial charge is 0.333 e. The average molecular weight is 535 g/mol. The van der Waals surface area contributed by atoms with Gasteiger partial charge in [-0.2, -0.15) is 20.2 Å². The Bertz CT molecular complexity index is 958. The Balaban J connectivity index is 1.19. The minimum Gasteiger partial charge on any atom is -0.356 e. The first kappa shape index (κ1) is 27.2. The van der Waals surface area contributed by atoms with Crippen molar-refractivity contribution >= 4 is 51.6 Å². The fourth-order valence-electron chi connectivity index (χ4n) is 4.22. The summed E-state index contributed by atoms with van der Waals surface area (Å²) in [5.74, 6) is -2.30. The number of hydrogen-bond donors (Lipinski definition) is 4. The van der Waals surface area contributed by atoms with Crippen molar-refractivity contribution in [1.29, 1.82) is 0 Å². The normalized spacial score (nSPS) is 25.9. The summed E-state index contributed by atoms with van der Waals surface area (Å²) < 4.78 is 31.1. The van der Waals surface area contributed by atoms with Crippen LogP contribution in [-0.2, 0) is 34.1 Å². The number of rotatable bonds is 13. The summed E-state index contributed by atoms with van der Waals surface area (Å²) in [5.41, 5.74) is 0. The minimum absolute atomic E-state index is 0.0448. The van der Waals surface area contributed by atoms with E-state index in [-0.39, 0.29) is 35.5 Å². The topological polar surface area (TPSA) is 188 Å². The molecule has 0 radical (unpaired) electrons. The van der Waals surface area contributed by atoms with Crippen molar-refractivity contribution in [3.63, 3.8) is 0 Å². The molecular formula is C20H30N4O9S2. The van der Waals surface area contributed by atoms with E-state index in [1.807, 2.05) is 11.8 Å². The van der Waals surface area contributed by atoms with Gasteiger partial charge in [0.05, 0.1) is 18.5 Å². The van der Waals surface area contributed by atoms with Gasteiger partial charge in [0, 0.05) is 30.4 Å².